The van der Waals surface area contributed by atoms with E-state index in [0.717, 1.165) is 6.42 Å². The molecule has 2 atom stereocenters. The van der Waals surface area contributed by atoms with Gasteiger partial charge >= 0.3 is 0 Å². The Labute approximate surface area is 165 Å². The molecule has 0 unspecified atom stereocenters. The van der Waals surface area contributed by atoms with Crippen molar-refractivity contribution in [3.63, 3.8) is 0 Å². The average Bonchev–Trinajstić information content (AvgIpc) is 2.69. The normalized spacial score (nSPS) is 12.6. The summed E-state index contributed by atoms with van der Waals surface area (Å²) in [6, 6.07) is 5.93. The molecule has 0 heterocycles. The Morgan fingerprint density at radius 2 is 1.79 bits per heavy atom. The Bertz CT molecular complexity index is 663. The predicted octanol–water partition coefficient (Wildman–Crippen LogP) is -0.279. The molecule has 0 aliphatic rings. The third-order valence-corrected chi connectivity index (χ3v) is 4.19. The SMILES string of the molecule is CCC[C@H](N)[C@H](O)C(=O)NCC(=O)N(CC(=O)N(C)C)c1ccc(OC)cc1. The number of nitrogens with two attached hydrogens (primary N) is 1. The van der Waals surface area contributed by atoms with Gasteiger partial charge in [0.15, 0.2) is 0 Å². The number of nitrogens with one attached hydrogen (secondary N) is 1. The van der Waals surface area contributed by atoms with E-state index in [1.54, 1.807) is 38.4 Å². The summed E-state index contributed by atoms with van der Waals surface area (Å²) in [7, 11) is 4.70. The number of aliphatic hydroxyl groups is 1. The smallest absolute Gasteiger partial charge is 0.250 e. The summed E-state index contributed by atoms with van der Waals surface area (Å²) in [5.74, 6) is -0.884. The number of benzene rings is 1. The van der Waals surface area contributed by atoms with Crippen LogP contribution in [0.2, 0.25) is 0 Å². The third kappa shape index (κ3) is 6.82. The fourth-order valence-electron chi connectivity index (χ4n) is 2.41. The summed E-state index contributed by atoms with van der Waals surface area (Å²) < 4.78 is 5.10. The quantitative estimate of drug-likeness (QED) is 0.501. The van der Waals surface area contributed by atoms with Crippen molar-refractivity contribution in [1.82, 2.24) is 10.2 Å². The summed E-state index contributed by atoms with van der Waals surface area (Å²) in [4.78, 5) is 39.5. The van der Waals surface area contributed by atoms with Crippen molar-refractivity contribution in [2.75, 3.05) is 39.2 Å². The Morgan fingerprint density at radius 1 is 1.18 bits per heavy atom. The van der Waals surface area contributed by atoms with Gasteiger partial charge in [-0.2, -0.15) is 0 Å². The topological polar surface area (TPSA) is 125 Å². The number of hydrogen-bond donors (Lipinski definition) is 3. The number of anilines is 1. The van der Waals surface area contributed by atoms with Crippen molar-refractivity contribution in [3.05, 3.63) is 24.3 Å². The first-order valence-electron chi connectivity index (χ1n) is 9.07. The minimum absolute atomic E-state index is 0.189. The van der Waals surface area contributed by atoms with Crippen molar-refractivity contribution in [1.29, 1.82) is 0 Å². The number of carbonyl (C=O) groups is 3. The van der Waals surface area contributed by atoms with Crippen LogP contribution in [0.3, 0.4) is 0 Å². The molecule has 9 nitrogen and oxygen atoms in total. The van der Waals surface area contributed by atoms with Crippen LogP contribution in [0.25, 0.3) is 0 Å². The molecule has 0 radical (unpaired) electrons. The van der Waals surface area contributed by atoms with Gasteiger partial charge in [-0.1, -0.05) is 13.3 Å². The Hall–Kier alpha value is -2.65. The maximum absolute atomic E-state index is 12.7. The lowest BCUT2D eigenvalue weighted by Crippen LogP contribution is -2.50. The highest BCUT2D eigenvalue weighted by molar-refractivity contribution is 6.01. The van der Waals surface area contributed by atoms with Crippen molar-refractivity contribution < 1.29 is 24.2 Å². The molecule has 0 saturated heterocycles. The average molecular weight is 394 g/mol. The number of ether oxygens (including phenoxy) is 1. The van der Waals surface area contributed by atoms with E-state index in [0.29, 0.717) is 17.9 Å². The number of rotatable bonds is 10. The van der Waals surface area contributed by atoms with Crippen LogP contribution in [-0.4, -0.2) is 74.2 Å². The van der Waals surface area contributed by atoms with E-state index in [4.69, 9.17) is 10.5 Å². The van der Waals surface area contributed by atoms with Crippen LogP contribution in [0.5, 0.6) is 5.75 Å². The highest BCUT2D eigenvalue weighted by atomic mass is 16.5. The molecule has 1 aromatic carbocycles. The Balaban J connectivity index is 2.86. The van der Waals surface area contributed by atoms with Crippen LogP contribution >= 0.6 is 0 Å². The molecule has 156 valence electrons. The molecule has 9 heteroatoms. The van der Waals surface area contributed by atoms with E-state index in [-0.39, 0.29) is 19.0 Å². The van der Waals surface area contributed by atoms with Gasteiger partial charge in [0.05, 0.1) is 13.7 Å². The summed E-state index contributed by atoms with van der Waals surface area (Å²) >= 11 is 0. The monoisotopic (exact) mass is 394 g/mol. The van der Waals surface area contributed by atoms with E-state index in [1.165, 1.54) is 16.9 Å². The fourth-order valence-corrected chi connectivity index (χ4v) is 2.41. The van der Waals surface area contributed by atoms with Gasteiger partial charge in [0.25, 0.3) is 5.91 Å². The zero-order valence-corrected chi connectivity index (χ0v) is 16.8. The van der Waals surface area contributed by atoms with Crippen LogP contribution < -0.4 is 20.7 Å². The molecule has 28 heavy (non-hydrogen) atoms. The second-order valence-corrected chi connectivity index (χ2v) is 6.58. The molecule has 0 spiro atoms. The first-order chi connectivity index (χ1) is 13.2. The van der Waals surface area contributed by atoms with Crippen LogP contribution in [0.15, 0.2) is 24.3 Å². The van der Waals surface area contributed by atoms with Crippen molar-refractivity contribution in [3.8, 4) is 5.75 Å². The van der Waals surface area contributed by atoms with E-state index in [9.17, 15) is 19.5 Å². The first-order valence-corrected chi connectivity index (χ1v) is 9.07. The lowest BCUT2D eigenvalue weighted by molar-refractivity contribution is -0.132. The van der Waals surface area contributed by atoms with E-state index >= 15 is 0 Å². The van der Waals surface area contributed by atoms with Gasteiger partial charge in [0.1, 0.15) is 18.4 Å². The van der Waals surface area contributed by atoms with Crippen LogP contribution in [0, 0.1) is 0 Å². The molecular formula is C19H30N4O5. The van der Waals surface area contributed by atoms with Gasteiger partial charge in [-0.3, -0.25) is 14.4 Å². The number of methoxy groups -OCH3 is 1. The van der Waals surface area contributed by atoms with Gasteiger partial charge in [-0.05, 0) is 30.7 Å². The van der Waals surface area contributed by atoms with Gasteiger partial charge in [-0.15, -0.1) is 0 Å². The molecule has 0 bridgehead atoms. The van der Waals surface area contributed by atoms with Crippen LogP contribution in [0.4, 0.5) is 5.69 Å². The van der Waals surface area contributed by atoms with Crippen molar-refractivity contribution in [2.24, 2.45) is 5.73 Å². The predicted molar refractivity (Wildman–Crippen MR) is 106 cm³/mol. The molecule has 3 amide bonds. The molecule has 0 aliphatic heterocycles. The molecule has 0 fully saturated rings. The third-order valence-electron chi connectivity index (χ3n) is 4.19. The highest BCUT2D eigenvalue weighted by Gasteiger charge is 2.25. The summed E-state index contributed by atoms with van der Waals surface area (Å²) in [6.07, 6.45) is -0.189. The van der Waals surface area contributed by atoms with Crippen LogP contribution in [0.1, 0.15) is 19.8 Å². The number of amides is 3. The lowest BCUT2D eigenvalue weighted by atomic mass is 10.1. The molecule has 4 N–H and O–H groups in total. The number of aliphatic hydroxyl groups excluding tert-OH is 1. The van der Waals surface area contributed by atoms with Gasteiger partial charge in [-0.25, -0.2) is 0 Å². The standard InChI is InChI=1S/C19H30N4O5/c1-5-6-15(20)18(26)19(27)21-11-16(24)23(12-17(25)22(2)3)13-7-9-14(28-4)10-8-13/h7-10,15,18,26H,5-6,11-12,20H2,1-4H3,(H,21,27)/t15-,18-/m0/s1. The minimum Gasteiger partial charge on any atom is -0.497 e. The number of likely N-dealkylation sites (N-methyl/N-ethyl adjacent to an activating group) is 1. The summed E-state index contributed by atoms with van der Waals surface area (Å²) in [5.41, 5.74) is 6.23. The minimum atomic E-state index is -1.40. The highest BCUT2D eigenvalue weighted by Crippen LogP contribution is 2.19. The van der Waals surface area contributed by atoms with Crippen LogP contribution in [-0.2, 0) is 14.4 Å². The lowest BCUT2D eigenvalue weighted by Gasteiger charge is -2.25. The molecule has 0 saturated carbocycles. The Kier molecular flexibility index (Phi) is 9.40. The largest absolute Gasteiger partial charge is 0.497 e. The number of hydrogen-bond acceptors (Lipinski definition) is 6. The summed E-state index contributed by atoms with van der Waals surface area (Å²) in [6.45, 7) is 1.33. The molecule has 1 aromatic rings. The van der Waals surface area contributed by atoms with Crippen molar-refractivity contribution in [2.45, 2.75) is 31.9 Å². The maximum atomic E-state index is 12.7. The van der Waals surface area contributed by atoms with Crippen molar-refractivity contribution >= 4 is 23.4 Å². The first kappa shape index (κ1) is 23.4. The second-order valence-electron chi connectivity index (χ2n) is 6.58. The van der Waals surface area contributed by atoms with E-state index < -0.39 is 24.0 Å². The molecule has 0 aromatic heterocycles. The molecular weight excluding hydrogens is 364 g/mol. The Morgan fingerprint density at radius 3 is 2.29 bits per heavy atom. The van der Waals surface area contributed by atoms with Gasteiger partial charge in [0, 0.05) is 25.8 Å². The van der Waals surface area contributed by atoms with E-state index in [1.807, 2.05) is 6.92 Å². The van der Waals surface area contributed by atoms with Gasteiger partial charge in [0.2, 0.25) is 11.8 Å². The molecule has 0 aliphatic carbocycles. The molecule has 1 rings (SSSR count). The number of carbonyl (C=O) groups excluding carboxylic acids is 3. The summed E-state index contributed by atoms with van der Waals surface area (Å²) in [5, 5.41) is 12.3. The fraction of sp³-hybridized carbons (Fsp3) is 0.526. The maximum Gasteiger partial charge on any atom is 0.250 e. The zero-order chi connectivity index (χ0) is 21.3. The van der Waals surface area contributed by atoms with Gasteiger partial charge < -0.3 is 30.7 Å². The zero-order valence-electron chi connectivity index (χ0n) is 16.8. The number of nitrogens with zero attached hydrogens (tertiary/aromatic N) is 2. The second kappa shape index (κ2) is 11.3. The van der Waals surface area contributed by atoms with E-state index in [2.05, 4.69) is 5.32 Å².